The van der Waals surface area contributed by atoms with Crippen LogP contribution in [0.3, 0.4) is 0 Å². The molecule has 0 aromatic heterocycles. The predicted octanol–water partition coefficient (Wildman–Crippen LogP) is 3.35. The molecule has 0 saturated carbocycles. The Morgan fingerprint density at radius 2 is 1.77 bits per heavy atom. The summed E-state index contributed by atoms with van der Waals surface area (Å²) in [6.45, 7) is 0.666. The second-order valence-corrected chi connectivity index (χ2v) is 5.96. The third-order valence-corrected chi connectivity index (χ3v) is 4.01. The molecule has 0 atom stereocenters. The van der Waals surface area contributed by atoms with E-state index in [2.05, 4.69) is 10.6 Å². The quantitative estimate of drug-likeness (QED) is 0.557. The summed E-state index contributed by atoms with van der Waals surface area (Å²) in [6, 6.07) is 17.5. The number of hydrogen-bond donors (Lipinski definition) is 3. The van der Waals surface area contributed by atoms with Crippen LogP contribution in [0.15, 0.2) is 59.5 Å². The topological polar surface area (TPSA) is 61.4 Å². The van der Waals surface area contributed by atoms with Gasteiger partial charge in [-0.25, -0.2) is 0 Å². The van der Waals surface area contributed by atoms with Crippen LogP contribution in [0.4, 0.5) is 5.69 Å². The largest absolute Gasteiger partial charge is 0.481 e. The molecule has 0 aliphatic carbocycles. The average Bonchev–Trinajstić information content (AvgIpc) is 2.53. The molecule has 4 nitrogen and oxygen atoms in total. The summed E-state index contributed by atoms with van der Waals surface area (Å²) in [5, 5.41) is 15.4. The van der Waals surface area contributed by atoms with Crippen LogP contribution in [-0.4, -0.2) is 21.9 Å². The summed E-state index contributed by atoms with van der Waals surface area (Å²) in [4.78, 5) is 11.4. The molecule has 0 fully saturated rings. The maximum Gasteiger partial charge on any atom is 0.313 e. The Labute approximate surface area is 138 Å². The normalized spacial score (nSPS) is 10.0. The Kier molecular flexibility index (Phi) is 6.24. The lowest BCUT2D eigenvalue weighted by Crippen LogP contribution is -2.27. The number of thiocarbonyl (C=S) groups is 1. The highest BCUT2D eigenvalue weighted by Gasteiger charge is 2.01. The molecule has 0 bridgehead atoms. The molecular formula is C16H16N2O2S2. The van der Waals surface area contributed by atoms with Crippen molar-refractivity contribution in [2.24, 2.45) is 0 Å². The van der Waals surface area contributed by atoms with Gasteiger partial charge >= 0.3 is 5.97 Å². The molecule has 6 heteroatoms. The summed E-state index contributed by atoms with van der Waals surface area (Å²) in [5.41, 5.74) is 2.03. The van der Waals surface area contributed by atoms with Crippen LogP contribution in [-0.2, 0) is 11.3 Å². The number of nitrogens with one attached hydrogen (secondary N) is 2. The molecule has 0 spiro atoms. The van der Waals surface area contributed by atoms with Crippen molar-refractivity contribution in [2.75, 3.05) is 11.1 Å². The fraction of sp³-hybridized carbons (Fsp3) is 0.125. The van der Waals surface area contributed by atoms with Gasteiger partial charge in [-0.1, -0.05) is 30.3 Å². The first-order valence-corrected chi connectivity index (χ1v) is 8.06. The van der Waals surface area contributed by atoms with Gasteiger partial charge in [-0.3, -0.25) is 4.79 Å². The van der Waals surface area contributed by atoms with Gasteiger partial charge in [0.2, 0.25) is 0 Å². The maximum absolute atomic E-state index is 10.5. The van der Waals surface area contributed by atoms with Gasteiger partial charge in [0.1, 0.15) is 0 Å². The van der Waals surface area contributed by atoms with E-state index >= 15 is 0 Å². The minimum absolute atomic E-state index is 0.0593. The lowest BCUT2D eigenvalue weighted by Gasteiger charge is -2.11. The van der Waals surface area contributed by atoms with Crippen molar-refractivity contribution >= 4 is 40.7 Å². The van der Waals surface area contributed by atoms with Crippen molar-refractivity contribution in [3.63, 3.8) is 0 Å². The van der Waals surface area contributed by atoms with E-state index in [0.29, 0.717) is 11.7 Å². The molecule has 0 amide bonds. The number of thioether (sulfide) groups is 1. The third-order valence-electron chi connectivity index (χ3n) is 2.77. The van der Waals surface area contributed by atoms with E-state index in [1.54, 1.807) is 0 Å². The molecule has 22 heavy (non-hydrogen) atoms. The second kappa shape index (κ2) is 8.41. The van der Waals surface area contributed by atoms with Crippen molar-refractivity contribution in [3.8, 4) is 0 Å². The fourth-order valence-corrected chi connectivity index (χ4v) is 2.54. The molecule has 2 aromatic rings. The van der Waals surface area contributed by atoms with E-state index < -0.39 is 5.97 Å². The number of aliphatic carboxylic acids is 1. The SMILES string of the molecule is O=C(O)CSc1ccc(NC(=S)NCc2ccccc2)cc1. The van der Waals surface area contributed by atoms with Gasteiger partial charge in [-0.05, 0) is 42.0 Å². The second-order valence-electron chi connectivity index (χ2n) is 4.50. The zero-order valence-corrected chi connectivity index (χ0v) is 13.4. The van der Waals surface area contributed by atoms with Gasteiger partial charge in [0, 0.05) is 17.1 Å². The first kappa shape index (κ1) is 16.3. The van der Waals surface area contributed by atoms with Crippen molar-refractivity contribution in [2.45, 2.75) is 11.4 Å². The number of benzene rings is 2. The van der Waals surface area contributed by atoms with Gasteiger partial charge in [-0.2, -0.15) is 0 Å². The summed E-state index contributed by atoms with van der Waals surface area (Å²) in [5.74, 6) is -0.761. The third kappa shape index (κ3) is 5.75. The molecule has 2 rings (SSSR count). The van der Waals surface area contributed by atoms with Crippen LogP contribution in [0.25, 0.3) is 0 Å². The lowest BCUT2D eigenvalue weighted by molar-refractivity contribution is -0.133. The smallest absolute Gasteiger partial charge is 0.313 e. The number of carbonyl (C=O) groups is 1. The van der Waals surface area contributed by atoms with Gasteiger partial charge in [0.15, 0.2) is 5.11 Å². The van der Waals surface area contributed by atoms with Crippen molar-refractivity contribution in [3.05, 3.63) is 60.2 Å². The Balaban J connectivity index is 1.80. The first-order chi connectivity index (χ1) is 10.6. The maximum atomic E-state index is 10.5. The van der Waals surface area contributed by atoms with Crippen LogP contribution < -0.4 is 10.6 Å². The standard InChI is InChI=1S/C16H16N2O2S2/c19-15(20)11-22-14-8-6-13(7-9-14)18-16(21)17-10-12-4-2-1-3-5-12/h1-9H,10-11H2,(H,19,20)(H2,17,18,21). The minimum Gasteiger partial charge on any atom is -0.481 e. The van der Waals surface area contributed by atoms with E-state index in [-0.39, 0.29) is 5.75 Å². The highest BCUT2D eigenvalue weighted by atomic mass is 32.2. The lowest BCUT2D eigenvalue weighted by atomic mass is 10.2. The van der Waals surface area contributed by atoms with E-state index in [9.17, 15) is 4.79 Å². The van der Waals surface area contributed by atoms with Crippen LogP contribution in [0, 0.1) is 0 Å². The molecule has 0 radical (unpaired) electrons. The molecular weight excluding hydrogens is 316 g/mol. The Hall–Kier alpha value is -2.05. The first-order valence-electron chi connectivity index (χ1n) is 6.67. The molecule has 3 N–H and O–H groups in total. The Morgan fingerprint density at radius 3 is 2.41 bits per heavy atom. The molecule has 0 aliphatic heterocycles. The Bertz CT molecular complexity index is 630. The summed E-state index contributed by atoms with van der Waals surface area (Å²) < 4.78 is 0. The number of rotatable bonds is 6. The fourth-order valence-electron chi connectivity index (χ4n) is 1.73. The zero-order valence-electron chi connectivity index (χ0n) is 11.8. The van der Waals surface area contributed by atoms with E-state index in [1.165, 1.54) is 11.8 Å². The Morgan fingerprint density at radius 1 is 1.09 bits per heavy atom. The van der Waals surface area contributed by atoms with Gasteiger partial charge < -0.3 is 15.7 Å². The number of hydrogen-bond acceptors (Lipinski definition) is 3. The average molecular weight is 332 g/mol. The number of carboxylic acid groups (broad SMARTS) is 1. The molecule has 0 heterocycles. The summed E-state index contributed by atoms with van der Waals surface area (Å²) in [6.07, 6.45) is 0. The predicted molar refractivity (Wildman–Crippen MR) is 94.3 cm³/mol. The summed E-state index contributed by atoms with van der Waals surface area (Å²) >= 11 is 6.54. The van der Waals surface area contributed by atoms with Crippen molar-refractivity contribution < 1.29 is 9.90 Å². The zero-order chi connectivity index (χ0) is 15.8. The highest BCUT2D eigenvalue weighted by Crippen LogP contribution is 2.20. The molecule has 2 aromatic carbocycles. The highest BCUT2D eigenvalue weighted by molar-refractivity contribution is 8.00. The van der Waals surface area contributed by atoms with Crippen LogP contribution in [0.1, 0.15) is 5.56 Å². The number of anilines is 1. The van der Waals surface area contributed by atoms with E-state index in [4.69, 9.17) is 17.3 Å². The van der Waals surface area contributed by atoms with E-state index in [1.807, 2.05) is 54.6 Å². The molecule has 0 unspecified atom stereocenters. The molecule has 0 saturated heterocycles. The van der Waals surface area contributed by atoms with Gasteiger partial charge in [0.05, 0.1) is 5.75 Å². The van der Waals surface area contributed by atoms with Crippen LogP contribution in [0.5, 0.6) is 0 Å². The van der Waals surface area contributed by atoms with Gasteiger partial charge in [-0.15, -0.1) is 11.8 Å². The molecule has 114 valence electrons. The van der Waals surface area contributed by atoms with Gasteiger partial charge in [0.25, 0.3) is 0 Å². The monoisotopic (exact) mass is 332 g/mol. The van der Waals surface area contributed by atoms with Crippen LogP contribution >= 0.6 is 24.0 Å². The minimum atomic E-state index is -0.821. The summed E-state index contributed by atoms with van der Waals surface area (Å²) in [7, 11) is 0. The van der Waals surface area contributed by atoms with Crippen molar-refractivity contribution in [1.29, 1.82) is 0 Å². The van der Waals surface area contributed by atoms with Crippen molar-refractivity contribution in [1.82, 2.24) is 5.32 Å². The van der Waals surface area contributed by atoms with Crippen LogP contribution in [0.2, 0.25) is 0 Å². The number of carboxylic acids is 1. The molecule has 0 aliphatic rings. The van der Waals surface area contributed by atoms with E-state index in [0.717, 1.165) is 16.1 Å².